The Morgan fingerprint density at radius 3 is 2.79 bits per heavy atom. The first-order chi connectivity index (χ1) is 13.6. The number of amides is 1. The summed E-state index contributed by atoms with van der Waals surface area (Å²) in [6.07, 6.45) is 1.40. The minimum absolute atomic E-state index is 0.0973. The molecule has 4 rings (SSSR count). The Morgan fingerprint density at radius 1 is 1.25 bits per heavy atom. The predicted molar refractivity (Wildman–Crippen MR) is 111 cm³/mol. The van der Waals surface area contributed by atoms with Gasteiger partial charge in [0.25, 0.3) is 5.56 Å². The zero-order chi connectivity index (χ0) is 19.7. The summed E-state index contributed by atoms with van der Waals surface area (Å²) in [7, 11) is 1.60. The SMILES string of the molecule is COc1ccc(CNC(=O)Cn2cnc3c(sc4cccc(Cl)c43)c2=O)cc1. The van der Waals surface area contributed by atoms with Gasteiger partial charge >= 0.3 is 0 Å². The summed E-state index contributed by atoms with van der Waals surface area (Å²) < 4.78 is 7.82. The lowest BCUT2D eigenvalue weighted by atomic mass is 10.2. The number of nitrogens with one attached hydrogen (secondary N) is 1. The topological polar surface area (TPSA) is 73.2 Å². The fraction of sp³-hybridized carbons (Fsp3) is 0.150. The van der Waals surface area contributed by atoms with Gasteiger partial charge in [0.05, 0.1) is 24.0 Å². The van der Waals surface area contributed by atoms with Crippen LogP contribution in [-0.2, 0) is 17.9 Å². The summed E-state index contributed by atoms with van der Waals surface area (Å²) >= 11 is 7.59. The van der Waals surface area contributed by atoms with Crippen LogP contribution in [0.3, 0.4) is 0 Å². The smallest absolute Gasteiger partial charge is 0.271 e. The number of carbonyl (C=O) groups is 1. The largest absolute Gasteiger partial charge is 0.497 e. The van der Waals surface area contributed by atoms with Crippen LogP contribution in [0.1, 0.15) is 5.56 Å². The van der Waals surface area contributed by atoms with Crippen molar-refractivity contribution in [1.29, 1.82) is 0 Å². The number of ether oxygens (including phenoxy) is 1. The molecular weight excluding hydrogens is 398 g/mol. The number of hydrogen-bond acceptors (Lipinski definition) is 5. The van der Waals surface area contributed by atoms with E-state index in [1.165, 1.54) is 22.2 Å². The highest BCUT2D eigenvalue weighted by Gasteiger charge is 2.15. The van der Waals surface area contributed by atoms with E-state index in [0.717, 1.165) is 21.4 Å². The van der Waals surface area contributed by atoms with Crippen LogP contribution in [0.4, 0.5) is 0 Å². The Labute approximate surface area is 169 Å². The molecule has 4 aromatic rings. The van der Waals surface area contributed by atoms with Crippen molar-refractivity contribution in [3.8, 4) is 5.75 Å². The van der Waals surface area contributed by atoms with Gasteiger partial charge in [-0.3, -0.25) is 14.2 Å². The van der Waals surface area contributed by atoms with E-state index in [-0.39, 0.29) is 18.0 Å². The van der Waals surface area contributed by atoms with E-state index in [9.17, 15) is 9.59 Å². The van der Waals surface area contributed by atoms with Gasteiger partial charge < -0.3 is 10.1 Å². The van der Waals surface area contributed by atoms with E-state index >= 15 is 0 Å². The third-order valence-electron chi connectivity index (χ3n) is 4.38. The second-order valence-electron chi connectivity index (χ2n) is 6.20. The molecule has 0 unspecified atom stereocenters. The van der Waals surface area contributed by atoms with E-state index in [1.807, 2.05) is 36.4 Å². The highest BCUT2D eigenvalue weighted by Crippen LogP contribution is 2.34. The molecule has 0 spiro atoms. The van der Waals surface area contributed by atoms with Crippen LogP contribution in [-0.4, -0.2) is 22.6 Å². The number of aromatic nitrogens is 2. The van der Waals surface area contributed by atoms with Crippen molar-refractivity contribution in [3.05, 3.63) is 69.7 Å². The first-order valence-electron chi connectivity index (χ1n) is 8.52. The molecular formula is C20H16ClN3O3S. The van der Waals surface area contributed by atoms with E-state index in [2.05, 4.69) is 10.3 Å². The van der Waals surface area contributed by atoms with Gasteiger partial charge in [-0.15, -0.1) is 11.3 Å². The van der Waals surface area contributed by atoms with Gasteiger partial charge in [-0.05, 0) is 29.8 Å². The maximum Gasteiger partial charge on any atom is 0.271 e. The molecule has 142 valence electrons. The zero-order valence-corrected chi connectivity index (χ0v) is 16.5. The van der Waals surface area contributed by atoms with Crippen LogP contribution in [0, 0.1) is 0 Å². The normalized spacial score (nSPS) is 11.1. The summed E-state index contributed by atoms with van der Waals surface area (Å²) in [5.41, 5.74) is 1.27. The number of fused-ring (bicyclic) bond motifs is 3. The van der Waals surface area contributed by atoms with Gasteiger partial charge in [0.2, 0.25) is 5.91 Å². The Hall–Kier alpha value is -2.90. The molecule has 0 atom stereocenters. The number of carbonyl (C=O) groups excluding carboxylic acids is 1. The second kappa shape index (κ2) is 7.61. The Balaban J connectivity index is 1.53. The Kier molecular flexibility index (Phi) is 5.02. The van der Waals surface area contributed by atoms with Gasteiger partial charge in [-0.25, -0.2) is 4.98 Å². The first kappa shape index (κ1) is 18.5. The summed E-state index contributed by atoms with van der Waals surface area (Å²) in [6, 6.07) is 12.9. The van der Waals surface area contributed by atoms with Crippen molar-refractivity contribution in [2.24, 2.45) is 0 Å². The number of halogens is 1. The number of nitrogens with zero attached hydrogens (tertiary/aromatic N) is 2. The van der Waals surface area contributed by atoms with E-state index in [1.54, 1.807) is 13.2 Å². The van der Waals surface area contributed by atoms with Crippen molar-refractivity contribution in [2.45, 2.75) is 13.1 Å². The molecule has 0 aliphatic carbocycles. The molecule has 8 heteroatoms. The van der Waals surface area contributed by atoms with Crippen molar-refractivity contribution < 1.29 is 9.53 Å². The lowest BCUT2D eigenvalue weighted by Crippen LogP contribution is -2.31. The lowest BCUT2D eigenvalue weighted by Gasteiger charge is -2.08. The molecule has 0 saturated carbocycles. The van der Waals surface area contributed by atoms with Gasteiger partial charge in [0, 0.05) is 16.6 Å². The predicted octanol–water partition coefficient (Wildman–Crippen LogP) is 3.59. The summed E-state index contributed by atoms with van der Waals surface area (Å²) in [5, 5.41) is 4.15. The van der Waals surface area contributed by atoms with Gasteiger partial charge in [-0.1, -0.05) is 29.8 Å². The quantitative estimate of drug-likeness (QED) is 0.542. The van der Waals surface area contributed by atoms with E-state index in [4.69, 9.17) is 16.3 Å². The molecule has 0 aliphatic heterocycles. The van der Waals surface area contributed by atoms with Gasteiger partial charge in [0.1, 0.15) is 17.0 Å². The molecule has 2 heterocycles. The third-order valence-corrected chi connectivity index (χ3v) is 5.83. The molecule has 2 aromatic carbocycles. The molecule has 0 saturated heterocycles. The number of rotatable bonds is 5. The second-order valence-corrected chi connectivity index (χ2v) is 7.65. The standard InChI is InChI=1S/C20H16ClN3O3S/c1-27-13-7-5-12(6-8-13)9-22-16(25)10-24-11-23-18-17-14(21)3-2-4-15(17)28-19(18)20(24)26/h2-8,11H,9-10H2,1H3,(H,22,25). The Morgan fingerprint density at radius 2 is 2.04 bits per heavy atom. The molecule has 2 aromatic heterocycles. The van der Waals surface area contributed by atoms with Gasteiger partial charge in [0.15, 0.2) is 0 Å². The maximum absolute atomic E-state index is 12.8. The number of methoxy groups -OCH3 is 1. The molecule has 0 aliphatic rings. The minimum atomic E-state index is -0.266. The van der Waals surface area contributed by atoms with Crippen LogP contribution in [0.25, 0.3) is 20.3 Å². The van der Waals surface area contributed by atoms with Crippen LogP contribution in [0.15, 0.2) is 53.6 Å². The highest BCUT2D eigenvalue weighted by atomic mass is 35.5. The average molecular weight is 414 g/mol. The van der Waals surface area contributed by atoms with Crippen molar-refractivity contribution in [1.82, 2.24) is 14.9 Å². The third kappa shape index (κ3) is 3.46. The van der Waals surface area contributed by atoms with Crippen LogP contribution < -0.4 is 15.6 Å². The van der Waals surface area contributed by atoms with Gasteiger partial charge in [-0.2, -0.15) is 0 Å². The maximum atomic E-state index is 12.8. The minimum Gasteiger partial charge on any atom is -0.497 e. The summed E-state index contributed by atoms with van der Waals surface area (Å²) in [4.78, 5) is 29.4. The number of hydrogen-bond donors (Lipinski definition) is 1. The average Bonchev–Trinajstić information content (AvgIpc) is 3.10. The van der Waals surface area contributed by atoms with Crippen LogP contribution >= 0.6 is 22.9 Å². The highest BCUT2D eigenvalue weighted by molar-refractivity contribution is 7.25. The first-order valence-corrected chi connectivity index (χ1v) is 9.72. The Bertz CT molecular complexity index is 1230. The fourth-order valence-corrected chi connectivity index (χ4v) is 4.39. The van der Waals surface area contributed by atoms with Crippen molar-refractivity contribution >= 4 is 49.1 Å². The fourth-order valence-electron chi connectivity index (χ4n) is 2.94. The molecule has 28 heavy (non-hydrogen) atoms. The van der Waals surface area contributed by atoms with Crippen LogP contribution in [0.2, 0.25) is 5.02 Å². The summed E-state index contributed by atoms with van der Waals surface area (Å²) in [6.45, 7) is 0.269. The lowest BCUT2D eigenvalue weighted by molar-refractivity contribution is -0.121. The molecule has 6 nitrogen and oxygen atoms in total. The van der Waals surface area contributed by atoms with Crippen LogP contribution in [0.5, 0.6) is 5.75 Å². The molecule has 1 amide bonds. The molecule has 0 bridgehead atoms. The number of benzene rings is 2. The van der Waals surface area contributed by atoms with Crippen molar-refractivity contribution in [2.75, 3.05) is 7.11 Å². The summed E-state index contributed by atoms with van der Waals surface area (Å²) in [5.74, 6) is 0.489. The monoisotopic (exact) mass is 413 g/mol. The van der Waals surface area contributed by atoms with E-state index in [0.29, 0.717) is 21.8 Å². The molecule has 1 N–H and O–H groups in total. The zero-order valence-electron chi connectivity index (χ0n) is 14.9. The number of thiophene rings is 1. The van der Waals surface area contributed by atoms with E-state index < -0.39 is 0 Å². The molecule has 0 radical (unpaired) electrons. The van der Waals surface area contributed by atoms with Crippen molar-refractivity contribution in [3.63, 3.8) is 0 Å². The molecule has 0 fully saturated rings.